The maximum absolute atomic E-state index is 10.8. The van der Waals surface area contributed by atoms with Crippen LogP contribution in [0.2, 0.25) is 0 Å². The van der Waals surface area contributed by atoms with E-state index in [0.717, 1.165) is 63.5 Å². The Bertz CT molecular complexity index is 1790. The largest absolute Gasteiger partial charge is 0.508 e. The first-order valence-corrected chi connectivity index (χ1v) is 16.8. The molecule has 0 aliphatic carbocycles. The van der Waals surface area contributed by atoms with Crippen LogP contribution in [0.5, 0.6) is 34.5 Å². The number of phenolic OH excluding ortho intramolecular Hbond substituents is 6. The van der Waals surface area contributed by atoms with Gasteiger partial charge in [0.05, 0.1) is 22.0 Å². The number of nitro groups is 2. The summed E-state index contributed by atoms with van der Waals surface area (Å²) in [7, 11) is 0. The first-order valence-electron chi connectivity index (χ1n) is 16.8. The van der Waals surface area contributed by atoms with Gasteiger partial charge in [-0.3, -0.25) is 20.2 Å². The molecule has 53 heavy (non-hydrogen) atoms. The van der Waals surface area contributed by atoms with E-state index >= 15 is 0 Å². The van der Waals surface area contributed by atoms with E-state index in [1.807, 2.05) is 0 Å². The zero-order valence-electron chi connectivity index (χ0n) is 29.3. The Morgan fingerprint density at radius 1 is 0.528 bits per heavy atom. The van der Waals surface area contributed by atoms with Crippen molar-refractivity contribution in [2.24, 2.45) is 10.2 Å². The maximum Gasteiger partial charge on any atom is 0.272 e. The van der Waals surface area contributed by atoms with Gasteiger partial charge in [-0.1, -0.05) is 62.6 Å². The van der Waals surface area contributed by atoms with Crippen LogP contribution in [0.4, 0.5) is 34.1 Å². The Morgan fingerprint density at radius 3 is 1.25 bits per heavy atom. The van der Waals surface area contributed by atoms with Gasteiger partial charge in [0.1, 0.15) is 23.0 Å². The number of nitro benzene ring substituents is 2. The van der Waals surface area contributed by atoms with Gasteiger partial charge in [0.25, 0.3) is 22.7 Å². The molecule has 17 heteroatoms. The number of aromatic hydroxyl groups is 6. The van der Waals surface area contributed by atoms with Crippen molar-refractivity contribution in [2.45, 2.75) is 78.1 Å². The standard InChI is InChI=1S/2C18H21N3O5.Co/c2*1-2-3-4-5-6-12-9-14(18(24)11-17(12)23)19-20-15-10-13(21(25)26)7-8-16(15)22;/h2*7-11,22-24H,2-6H2,1H3;/p+2. The molecule has 8 N–H and O–H groups in total. The average Bonchev–Trinajstić information content (AvgIpc) is 3.10. The van der Waals surface area contributed by atoms with Crippen LogP contribution < -0.4 is 10.2 Å². The number of non-ortho nitro benzene ring substituents is 2. The third-order valence-corrected chi connectivity index (χ3v) is 7.93. The summed E-state index contributed by atoms with van der Waals surface area (Å²) < 4.78 is 0. The Morgan fingerprint density at radius 2 is 0.906 bits per heavy atom. The van der Waals surface area contributed by atoms with Crippen molar-refractivity contribution in [1.29, 1.82) is 0 Å². The van der Waals surface area contributed by atoms with Gasteiger partial charge < -0.3 is 30.6 Å². The molecule has 0 saturated heterocycles. The van der Waals surface area contributed by atoms with Crippen LogP contribution in [0, 0.1) is 20.2 Å². The summed E-state index contributed by atoms with van der Waals surface area (Å²) in [6.07, 6.45) is 9.68. The number of azo groups is 2. The van der Waals surface area contributed by atoms with Gasteiger partial charge in [0, 0.05) is 74.5 Å². The number of hydrogen-bond donors (Lipinski definition) is 8. The first kappa shape index (κ1) is 43.4. The minimum absolute atomic E-state index is 0. The molecule has 0 atom stereocenters. The summed E-state index contributed by atoms with van der Waals surface area (Å²) in [6.45, 7) is 4.23. The number of aryl methyl sites for hydroxylation is 2. The quantitative estimate of drug-likeness (QED) is 0.0150. The second-order valence-corrected chi connectivity index (χ2v) is 11.9. The van der Waals surface area contributed by atoms with Crippen molar-refractivity contribution in [3.05, 3.63) is 92.0 Å². The smallest absolute Gasteiger partial charge is 0.272 e. The second kappa shape index (κ2) is 21.5. The molecule has 0 bridgehead atoms. The molecule has 0 spiro atoms. The Kier molecular flexibility index (Phi) is 17.6. The van der Waals surface area contributed by atoms with E-state index in [-0.39, 0.29) is 85.4 Å². The van der Waals surface area contributed by atoms with Crippen LogP contribution >= 0.6 is 0 Å². The normalized spacial score (nSPS) is 10.9. The predicted octanol–water partition coefficient (Wildman–Crippen LogP) is 6.66. The van der Waals surface area contributed by atoms with Crippen molar-refractivity contribution in [3.8, 4) is 34.5 Å². The molecule has 4 aromatic rings. The molecule has 1 radical (unpaired) electrons. The number of hydrogen-bond acceptors (Lipinski definition) is 12. The molecule has 0 aromatic heterocycles. The molecule has 16 nitrogen and oxygen atoms in total. The number of rotatable bonds is 16. The van der Waals surface area contributed by atoms with Gasteiger partial charge in [-0.05, 0) is 37.8 Å². The molecule has 0 fully saturated rings. The minimum atomic E-state index is -0.592. The van der Waals surface area contributed by atoms with Crippen LogP contribution in [0.1, 0.15) is 76.3 Å². The van der Waals surface area contributed by atoms with Crippen molar-refractivity contribution in [3.63, 3.8) is 0 Å². The third-order valence-electron chi connectivity index (χ3n) is 7.93. The molecule has 0 unspecified atom stereocenters. The molecular weight excluding hydrogens is 735 g/mol. The molecular formula is C36H44CoN6O10+2. The van der Waals surface area contributed by atoms with Gasteiger partial charge in [-0.2, -0.15) is 0 Å². The number of nitrogens with one attached hydrogen (secondary N) is 2. The van der Waals surface area contributed by atoms with E-state index < -0.39 is 9.85 Å². The Labute approximate surface area is 315 Å². The molecule has 0 saturated carbocycles. The molecule has 0 aliphatic heterocycles. The first-order chi connectivity index (χ1) is 24.8. The van der Waals surface area contributed by atoms with Gasteiger partial charge in [-0.15, -0.1) is 0 Å². The fourth-order valence-corrected chi connectivity index (χ4v) is 4.98. The van der Waals surface area contributed by atoms with E-state index in [2.05, 4.69) is 34.3 Å². The summed E-state index contributed by atoms with van der Waals surface area (Å²) in [5.41, 5.74) is 1.32. The number of phenols is 6. The van der Waals surface area contributed by atoms with E-state index in [1.54, 1.807) is 12.1 Å². The van der Waals surface area contributed by atoms with E-state index in [0.29, 0.717) is 24.0 Å². The monoisotopic (exact) mass is 779 g/mol. The van der Waals surface area contributed by atoms with Crippen molar-refractivity contribution in [1.82, 2.24) is 0 Å². The SMILES string of the molecule is CCCCCCc1cc([NH+]=Nc2cc([N+](=O)[O-])ccc2O)c(O)cc1O.CCCCCCc1cc([NH+]=Nc2cc([N+](=O)[O-])ccc2O)c(O)cc1O.[Co]. The second-order valence-electron chi connectivity index (χ2n) is 11.9. The van der Waals surface area contributed by atoms with Gasteiger partial charge >= 0.3 is 0 Å². The van der Waals surface area contributed by atoms with Crippen molar-refractivity contribution >= 4 is 34.1 Å². The van der Waals surface area contributed by atoms with Gasteiger partial charge in [0.15, 0.2) is 22.9 Å². The summed E-state index contributed by atoms with van der Waals surface area (Å²) in [4.78, 5) is 20.4. The zero-order valence-corrected chi connectivity index (χ0v) is 30.3. The molecule has 4 aromatic carbocycles. The minimum Gasteiger partial charge on any atom is -0.508 e. The van der Waals surface area contributed by atoms with E-state index in [9.17, 15) is 50.9 Å². The van der Waals surface area contributed by atoms with Crippen LogP contribution in [-0.2, 0) is 29.6 Å². The Hall–Kier alpha value is -5.81. The average molecular weight is 780 g/mol. The number of unbranched alkanes of at least 4 members (excludes halogenated alkanes) is 6. The third kappa shape index (κ3) is 13.4. The number of nitrogens with zero attached hydrogens (tertiary/aromatic N) is 4. The Balaban J connectivity index is 0.000000360. The fraction of sp³-hybridized carbons (Fsp3) is 0.333. The van der Waals surface area contributed by atoms with Crippen LogP contribution in [0.25, 0.3) is 0 Å². The summed E-state index contributed by atoms with van der Waals surface area (Å²) in [6, 6.07) is 12.5. The molecule has 0 amide bonds. The van der Waals surface area contributed by atoms with Gasteiger partial charge in [-0.25, -0.2) is 0 Å². The molecule has 4 rings (SSSR count). The van der Waals surface area contributed by atoms with Gasteiger partial charge in [0.2, 0.25) is 0 Å². The van der Waals surface area contributed by atoms with Crippen molar-refractivity contribution in [2.75, 3.05) is 0 Å². The van der Waals surface area contributed by atoms with Crippen LogP contribution in [0.3, 0.4) is 0 Å². The van der Waals surface area contributed by atoms with E-state index in [4.69, 9.17) is 0 Å². The topological polar surface area (TPSA) is 260 Å². The van der Waals surface area contributed by atoms with Crippen LogP contribution in [0.15, 0.2) is 70.9 Å². The maximum atomic E-state index is 10.8. The predicted molar refractivity (Wildman–Crippen MR) is 190 cm³/mol. The molecule has 0 aliphatic rings. The fourth-order valence-electron chi connectivity index (χ4n) is 4.98. The van der Waals surface area contributed by atoms with Crippen LogP contribution in [-0.4, -0.2) is 40.5 Å². The summed E-state index contributed by atoms with van der Waals surface area (Å²) >= 11 is 0. The molecule has 0 heterocycles. The zero-order chi connectivity index (χ0) is 38.2. The number of benzene rings is 4. The molecule has 285 valence electrons. The summed E-state index contributed by atoms with van der Waals surface area (Å²) in [5, 5.41) is 94.0. The van der Waals surface area contributed by atoms with Crippen molar-refractivity contribution < 1.29 is 67.5 Å². The summed E-state index contributed by atoms with van der Waals surface area (Å²) in [5.74, 6) is -0.894. The van der Waals surface area contributed by atoms with E-state index in [1.165, 1.54) is 36.4 Å².